The van der Waals surface area contributed by atoms with Crippen LogP contribution < -0.4 is 0 Å². The second kappa shape index (κ2) is 6.03. The second-order valence-corrected chi connectivity index (χ2v) is 6.87. The lowest BCUT2D eigenvalue weighted by Gasteiger charge is -2.07. The molecule has 0 saturated heterocycles. The van der Waals surface area contributed by atoms with E-state index in [0.717, 1.165) is 24.0 Å². The Morgan fingerprint density at radius 3 is 2.31 bits per heavy atom. The molecule has 1 aromatic heterocycles. The zero-order chi connectivity index (χ0) is 17.5. The maximum atomic E-state index is 6.49. The summed E-state index contributed by atoms with van der Waals surface area (Å²) in [5.74, 6) is 0. The molecule has 5 rings (SSSR count). The van der Waals surface area contributed by atoms with Gasteiger partial charge in [0.05, 0.1) is 0 Å². The molecule has 0 aliphatic rings. The van der Waals surface area contributed by atoms with Gasteiger partial charge in [-0.1, -0.05) is 79.7 Å². The van der Waals surface area contributed by atoms with Crippen molar-refractivity contribution in [1.82, 2.24) is 0 Å². The monoisotopic (exact) mass is 336 g/mol. The summed E-state index contributed by atoms with van der Waals surface area (Å²) >= 11 is 0. The maximum absolute atomic E-state index is 6.49. The molecule has 0 radical (unpaired) electrons. The van der Waals surface area contributed by atoms with Crippen molar-refractivity contribution in [3.63, 3.8) is 0 Å². The van der Waals surface area contributed by atoms with E-state index in [9.17, 15) is 0 Å². The first-order valence-electron chi connectivity index (χ1n) is 9.24. The molecule has 1 nitrogen and oxygen atoms in total. The SMILES string of the molecule is CCc1cccc2c1oc1c(Cc3ccccc3)cc3ccccc3c12. The van der Waals surface area contributed by atoms with Gasteiger partial charge in [0, 0.05) is 22.8 Å². The fourth-order valence-electron chi connectivity index (χ4n) is 4.00. The van der Waals surface area contributed by atoms with Crippen molar-refractivity contribution in [2.24, 2.45) is 0 Å². The molecule has 0 amide bonds. The number of furan rings is 1. The Bertz CT molecular complexity index is 1230. The lowest BCUT2D eigenvalue weighted by Crippen LogP contribution is -1.89. The van der Waals surface area contributed by atoms with Gasteiger partial charge in [0.1, 0.15) is 11.2 Å². The third-order valence-electron chi connectivity index (χ3n) is 5.27. The van der Waals surface area contributed by atoms with Crippen LogP contribution in [-0.4, -0.2) is 0 Å². The Morgan fingerprint density at radius 2 is 1.46 bits per heavy atom. The minimum Gasteiger partial charge on any atom is -0.455 e. The first-order valence-corrected chi connectivity index (χ1v) is 9.24. The fraction of sp³-hybridized carbons (Fsp3) is 0.120. The molecule has 0 atom stereocenters. The van der Waals surface area contributed by atoms with E-state index < -0.39 is 0 Å². The molecule has 0 bridgehead atoms. The van der Waals surface area contributed by atoms with Crippen LogP contribution in [-0.2, 0) is 12.8 Å². The van der Waals surface area contributed by atoms with E-state index in [1.165, 1.54) is 38.2 Å². The molecule has 0 saturated carbocycles. The zero-order valence-corrected chi connectivity index (χ0v) is 14.8. The van der Waals surface area contributed by atoms with Gasteiger partial charge in [-0.2, -0.15) is 0 Å². The molecular weight excluding hydrogens is 316 g/mol. The molecule has 1 heteroatoms. The van der Waals surface area contributed by atoms with E-state index in [1.54, 1.807) is 0 Å². The quantitative estimate of drug-likeness (QED) is 0.349. The van der Waals surface area contributed by atoms with Gasteiger partial charge < -0.3 is 4.42 Å². The van der Waals surface area contributed by atoms with E-state index >= 15 is 0 Å². The molecule has 0 fully saturated rings. The van der Waals surface area contributed by atoms with Gasteiger partial charge in [-0.25, -0.2) is 0 Å². The number of rotatable bonds is 3. The zero-order valence-electron chi connectivity index (χ0n) is 14.8. The predicted octanol–water partition coefficient (Wildman–Crippen LogP) is 6.89. The Kier molecular flexibility index (Phi) is 3.53. The van der Waals surface area contributed by atoms with Gasteiger partial charge in [0.15, 0.2) is 0 Å². The second-order valence-electron chi connectivity index (χ2n) is 6.87. The highest BCUT2D eigenvalue weighted by Crippen LogP contribution is 2.38. The number of hydrogen-bond donors (Lipinski definition) is 0. The van der Waals surface area contributed by atoms with Crippen LogP contribution in [0.4, 0.5) is 0 Å². The molecular formula is C25H20O. The van der Waals surface area contributed by atoms with Crippen LogP contribution >= 0.6 is 0 Å². The Labute approximate surface area is 152 Å². The molecule has 0 unspecified atom stereocenters. The van der Waals surface area contributed by atoms with E-state index in [-0.39, 0.29) is 0 Å². The highest BCUT2D eigenvalue weighted by molar-refractivity contribution is 6.20. The van der Waals surface area contributed by atoms with Crippen LogP contribution in [0.5, 0.6) is 0 Å². The van der Waals surface area contributed by atoms with Crippen molar-refractivity contribution in [3.8, 4) is 0 Å². The van der Waals surface area contributed by atoms with Crippen LogP contribution in [0.25, 0.3) is 32.7 Å². The van der Waals surface area contributed by atoms with Gasteiger partial charge in [-0.05, 0) is 34.4 Å². The van der Waals surface area contributed by atoms with Crippen molar-refractivity contribution in [2.45, 2.75) is 19.8 Å². The summed E-state index contributed by atoms with van der Waals surface area (Å²) in [5, 5.41) is 5.02. The summed E-state index contributed by atoms with van der Waals surface area (Å²) in [5.41, 5.74) is 5.90. The lowest BCUT2D eigenvalue weighted by molar-refractivity contribution is 0.659. The predicted molar refractivity (Wildman–Crippen MR) is 110 cm³/mol. The van der Waals surface area contributed by atoms with Crippen molar-refractivity contribution >= 4 is 32.7 Å². The van der Waals surface area contributed by atoms with Crippen molar-refractivity contribution in [1.29, 1.82) is 0 Å². The van der Waals surface area contributed by atoms with E-state index in [4.69, 9.17) is 4.42 Å². The summed E-state index contributed by atoms with van der Waals surface area (Å²) < 4.78 is 6.49. The summed E-state index contributed by atoms with van der Waals surface area (Å²) in [6, 6.07) is 28.1. The van der Waals surface area contributed by atoms with E-state index in [2.05, 4.69) is 85.8 Å². The first-order chi connectivity index (χ1) is 12.8. The van der Waals surface area contributed by atoms with Gasteiger partial charge in [0.2, 0.25) is 0 Å². The summed E-state index contributed by atoms with van der Waals surface area (Å²) in [7, 11) is 0. The van der Waals surface area contributed by atoms with Crippen LogP contribution in [0.2, 0.25) is 0 Å². The topological polar surface area (TPSA) is 13.1 Å². The standard InChI is InChI=1S/C25H20O/c1-2-18-12-8-14-22-23-21-13-7-6-11-19(21)16-20(25(23)26-24(18)22)15-17-9-4-3-5-10-17/h3-14,16H,2,15H2,1H3. The Hall–Kier alpha value is -3.06. The summed E-state index contributed by atoms with van der Waals surface area (Å²) in [6.45, 7) is 2.19. The maximum Gasteiger partial charge on any atom is 0.139 e. The fourth-order valence-corrected chi connectivity index (χ4v) is 4.00. The average molecular weight is 336 g/mol. The van der Waals surface area contributed by atoms with Gasteiger partial charge >= 0.3 is 0 Å². The van der Waals surface area contributed by atoms with Crippen molar-refractivity contribution in [3.05, 3.63) is 95.6 Å². The Balaban J connectivity index is 1.89. The number of benzene rings is 4. The molecule has 0 aliphatic heterocycles. The van der Waals surface area contributed by atoms with E-state index in [0.29, 0.717) is 0 Å². The summed E-state index contributed by atoms with van der Waals surface area (Å²) in [4.78, 5) is 0. The van der Waals surface area contributed by atoms with Crippen LogP contribution in [0.1, 0.15) is 23.6 Å². The van der Waals surface area contributed by atoms with Gasteiger partial charge in [-0.3, -0.25) is 0 Å². The number of para-hydroxylation sites is 1. The molecule has 0 aliphatic carbocycles. The first kappa shape index (κ1) is 15.2. The molecule has 0 spiro atoms. The van der Waals surface area contributed by atoms with Crippen LogP contribution in [0, 0.1) is 0 Å². The molecule has 4 aromatic carbocycles. The summed E-state index contributed by atoms with van der Waals surface area (Å²) in [6.07, 6.45) is 1.85. The van der Waals surface area contributed by atoms with Gasteiger partial charge in [0.25, 0.3) is 0 Å². The van der Waals surface area contributed by atoms with E-state index in [1.807, 2.05) is 0 Å². The molecule has 1 heterocycles. The van der Waals surface area contributed by atoms with Crippen molar-refractivity contribution in [2.75, 3.05) is 0 Å². The number of fused-ring (bicyclic) bond motifs is 5. The highest BCUT2D eigenvalue weighted by atomic mass is 16.3. The third kappa shape index (κ3) is 2.32. The van der Waals surface area contributed by atoms with Crippen molar-refractivity contribution < 1.29 is 4.42 Å². The lowest BCUT2D eigenvalue weighted by atomic mass is 9.96. The molecule has 126 valence electrons. The average Bonchev–Trinajstić information content (AvgIpc) is 3.09. The molecule has 26 heavy (non-hydrogen) atoms. The smallest absolute Gasteiger partial charge is 0.139 e. The minimum atomic E-state index is 0.878. The van der Waals surface area contributed by atoms with Gasteiger partial charge in [-0.15, -0.1) is 0 Å². The minimum absolute atomic E-state index is 0.878. The third-order valence-corrected chi connectivity index (χ3v) is 5.27. The largest absolute Gasteiger partial charge is 0.455 e. The molecule has 0 N–H and O–H groups in total. The number of aryl methyl sites for hydroxylation is 1. The normalized spacial score (nSPS) is 11.6. The number of hydrogen-bond acceptors (Lipinski definition) is 1. The molecule has 5 aromatic rings. The van der Waals surface area contributed by atoms with Crippen LogP contribution in [0.15, 0.2) is 83.3 Å². The highest BCUT2D eigenvalue weighted by Gasteiger charge is 2.16. The van der Waals surface area contributed by atoms with Crippen LogP contribution in [0.3, 0.4) is 0 Å². The Morgan fingerprint density at radius 1 is 0.692 bits per heavy atom.